The van der Waals surface area contributed by atoms with Crippen LogP contribution in [0.3, 0.4) is 0 Å². The van der Waals surface area contributed by atoms with Crippen molar-refractivity contribution in [3.05, 3.63) is 65.7 Å². The second-order valence-electron chi connectivity index (χ2n) is 7.18. The maximum absolute atomic E-state index is 12.3. The zero-order valence-electron chi connectivity index (χ0n) is 15.8. The van der Waals surface area contributed by atoms with Gasteiger partial charge in [0.05, 0.1) is 0 Å². The topological polar surface area (TPSA) is 61.4 Å². The molecule has 2 aromatic carbocycles. The van der Waals surface area contributed by atoms with Crippen LogP contribution in [0.4, 0.5) is 5.69 Å². The van der Waals surface area contributed by atoms with Crippen molar-refractivity contribution in [1.82, 2.24) is 10.2 Å². The fourth-order valence-electron chi connectivity index (χ4n) is 2.96. The van der Waals surface area contributed by atoms with E-state index in [4.69, 9.17) is 0 Å². The smallest absolute Gasteiger partial charge is 0.251 e. The average Bonchev–Trinajstić information content (AvgIpc) is 3.51. The third kappa shape index (κ3) is 6.22. The molecule has 1 aliphatic rings. The molecule has 2 aromatic rings. The highest BCUT2D eigenvalue weighted by Gasteiger charge is 2.29. The van der Waals surface area contributed by atoms with E-state index in [9.17, 15) is 9.59 Å². The van der Waals surface area contributed by atoms with Crippen LogP contribution in [-0.2, 0) is 11.3 Å². The molecule has 0 radical (unpaired) electrons. The van der Waals surface area contributed by atoms with Crippen molar-refractivity contribution < 1.29 is 9.59 Å². The minimum atomic E-state index is -0.108. The number of hydrogen-bond donors (Lipinski definition) is 2. The highest BCUT2D eigenvalue weighted by Crippen LogP contribution is 2.30. The van der Waals surface area contributed by atoms with Crippen LogP contribution in [-0.4, -0.2) is 36.9 Å². The van der Waals surface area contributed by atoms with Crippen molar-refractivity contribution in [2.75, 3.05) is 25.5 Å². The molecule has 0 aromatic heterocycles. The van der Waals surface area contributed by atoms with Gasteiger partial charge in [-0.05, 0) is 56.6 Å². The van der Waals surface area contributed by atoms with Gasteiger partial charge in [0, 0.05) is 30.3 Å². The van der Waals surface area contributed by atoms with Gasteiger partial charge in [-0.3, -0.25) is 9.59 Å². The van der Waals surface area contributed by atoms with E-state index < -0.39 is 0 Å². The molecule has 2 amide bonds. The monoisotopic (exact) mass is 365 g/mol. The van der Waals surface area contributed by atoms with Gasteiger partial charge in [-0.25, -0.2) is 0 Å². The Morgan fingerprint density at radius 1 is 1.07 bits per heavy atom. The van der Waals surface area contributed by atoms with Crippen LogP contribution in [0, 0.1) is 5.92 Å². The third-order valence-electron chi connectivity index (χ3n) is 4.64. The summed E-state index contributed by atoms with van der Waals surface area (Å²) in [6, 6.07) is 17.5. The zero-order chi connectivity index (χ0) is 19.1. The molecule has 0 atom stereocenters. The van der Waals surface area contributed by atoms with E-state index in [1.54, 1.807) is 18.2 Å². The number of rotatable bonds is 9. The molecule has 5 nitrogen and oxygen atoms in total. The lowest BCUT2D eigenvalue weighted by Crippen LogP contribution is -2.28. The molecule has 0 unspecified atom stereocenters. The third-order valence-corrected chi connectivity index (χ3v) is 4.64. The van der Waals surface area contributed by atoms with Gasteiger partial charge >= 0.3 is 0 Å². The lowest BCUT2D eigenvalue weighted by molar-refractivity contribution is -0.117. The molecule has 1 saturated carbocycles. The molecule has 1 fully saturated rings. The van der Waals surface area contributed by atoms with Gasteiger partial charge in [-0.15, -0.1) is 0 Å². The van der Waals surface area contributed by atoms with Crippen LogP contribution in [0.1, 0.15) is 35.2 Å². The number of nitrogens with zero attached hydrogens (tertiary/aromatic N) is 1. The lowest BCUT2D eigenvalue weighted by atomic mass is 10.2. The fraction of sp³-hybridized carbons (Fsp3) is 0.364. The van der Waals surface area contributed by atoms with Crippen molar-refractivity contribution >= 4 is 17.5 Å². The largest absolute Gasteiger partial charge is 0.352 e. The van der Waals surface area contributed by atoms with Crippen LogP contribution in [0.15, 0.2) is 54.6 Å². The van der Waals surface area contributed by atoms with Crippen molar-refractivity contribution in [2.24, 2.45) is 5.92 Å². The molecule has 0 aliphatic heterocycles. The number of benzene rings is 2. The first-order valence-electron chi connectivity index (χ1n) is 9.53. The average molecular weight is 365 g/mol. The van der Waals surface area contributed by atoms with E-state index in [1.807, 2.05) is 24.3 Å². The first-order chi connectivity index (χ1) is 13.1. The van der Waals surface area contributed by atoms with Crippen molar-refractivity contribution in [3.63, 3.8) is 0 Å². The van der Waals surface area contributed by atoms with Gasteiger partial charge in [0.15, 0.2) is 0 Å². The molecule has 1 aliphatic carbocycles. The number of hydrogen-bond acceptors (Lipinski definition) is 3. The molecule has 3 rings (SSSR count). The summed E-state index contributed by atoms with van der Waals surface area (Å²) in [4.78, 5) is 26.4. The van der Waals surface area contributed by atoms with E-state index in [-0.39, 0.29) is 17.7 Å². The predicted molar refractivity (Wildman–Crippen MR) is 108 cm³/mol. The molecular formula is C22H27N3O2. The normalized spacial score (nSPS) is 13.4. The summed E-state index contributed by atoms with van der Waals surface area (Å²) in [5, 5.41) is 5.83. The highest BCUT2D eigenvalue weighted by molar-refractivity contribution is 5.98. The molecule has 0 spiro atoms. The standard InChI is InChI=1S/C22H27N3O2/c1-25(16-17-7-3-2-4-8-17)14-6-13-23-21(26)19-9-5-10-20(15-19)24-22(27)18-11-12-18/h2-5,7-10,15,18H,6,11-14,16H2,1H3,(H,23,26)(H,24,27). The van der Waals surface area contributed by atoms with Crippen molar-refractivity contribution in [1.29, 1.82) is 0 Å². The van der Waals surface area contributed by atoms with E-state index in [1.165, 1.54) is 5.56 Å². The minimum Gasteiger partial charge on any atom is -0.352 e. The summed E-state index contributed by atoms with van der Waals surface area (Å²) >= 11 is 0. The van der Waals surface area contributed by atoms with E-state index in [0.29, 0.717) is 17.8 Å². The number of anilines is 1. The molecular weight excluding hydrogens is 338 g/mol. The van der Waals surface area contributed by atoms with Crippen molar-refractivity contribution in [2.45, 2.75) is 25.8 Å². The van der Waals surface area contributed by atoms with Crippen LogP contribution < -0.4 is 10.6 Å². The van der Waals surface area contributed by atoms with Gasteiger partial charge in [0.1, 0.15) is 0 Å². The second-order valence-corrected chi connectivity index (χ2v) is 7.18. The SMILES string of the molecule is CN(CCCNC(=O)c1cccc(NC(=O)C2CC2)c1)Cc1ccccc1. The summed E-state index contributed by atoms with van der Waals surface area (Å²) in [6.45, 7) is 2.43. The van der Waals surface area contributed by atoms with Crippen LogP contribution in [0.5, 0.6) is 0 Å². The number of nitrogens with one attached hydrogen (secondary N) is 2. The first-order valence-corrected chi connectivity index (χ1v) is 9.53. The Balaban J connectivity index is 1.39. The van der Waals surface area contributed by atoms with E-state index in [2.05, 4.69) is 34.7 Å². The summed E-state index contributed by atoms with van der Waals surface area (Å²) in [5.41, 5.74) is 2.54. The maximum atomic E-state index is 12.3. The molecule has 2 N–H and O–H groups in total. The molecule has 5 heteroatoms. The Labute approximate surface area is 160 Å². The van der Waals surface area contributed by atoms with Crippen LogP contribution in [0.25, 0.3) is 0 Å². The molecule has 27 heavy (non-hydrogen) atoms. The lowest BCUT2D eigenvalue weighted by Gasteiger charge is -2.16. The van der Waals surface area contributed by atoms with Gasteiger partial charge in [0.25, 0.3) is 5.91 Å². The Hall–Kier alpha value is -2.66. The van der Waals surface area contributed by atoms with Gasteiger partial charge in [0.2, 0.25) is 5.91 Å². The molecule has 0 bridgehead atoms. The number of amides is 2. The van der Waals surface area contributed by atoms with Crippen LogP contribution in [0.2, 0.25) is 0 Å². The van der Waals surface area contributed by atoms with Gasteiger partial charge in [-0.2, -0.15) is 0 Å². The van der Waals surface area contributed by atoms with E-state index in [0.717, 1.165) is 32.4 Å². The maximum Gasteiger partial charge on any atom is 0.251 e. The number of carbonyl (C=O) groups excluding carboxylic acids is 2. The summed E-state index contributed by atoms with van der Waals surface area (Å²) in [7, 11) is 2.08. The molecule has 0 heterocycles. The summed E-state index contributed by atoms with van der Waals surface area (Å²) in [5.74, 6) is 0.0904. The first kappa shape index (κ1) is 19.1. The number of carbonyl (C=O) groups is 2. The minimum absolute atomic E-state index is 0.0500. The van der Waals surface area contributed by atoms with Gasteiger partial charge < -0.3 is 15.5 Å². The van der Waals surface area contributed by atoms with Crippen molar-refractivity contribution in [3.8, 4) is 0 Å². The Morgan fingerprint density at radius 2 is 1.85 bits per heavy atom. The zero-order valence-corrected chi connectivity index (χ0v) is 15.8. The predicted octanol–water partition coefficient (Wildman–Crippen LogP) is 3.29. The Morgan fingerprint density at radius 3 is 2.59 bits per heavy atom. The Kier molecular flexibility index (Phi) is 6.60. The summed E-state index contributed by atoms with van der Waals surface area (Å²) in [6.07, 6.45) is 2.81. The highest BCUT2D eigenvalue weighted by atomic mass is 16.2. The quantitative estimate of drug-likeness (QED) is 0.671. The molecule has 0 saturated heterocycles. The van der Waals surface area contributed by atoms with Crippen LogP contribution >= 0.6 is 0 Å². The van der Waals surface area contributed by atoms with Gasteiger partial charge in [-0.1, -0.05) is 36.4 Å². The second kappa shape index (κ2) is 9.33. The Bertz CT molecular complexity index is 772. The molecule has 142 valence electrons. The summed E-state index contributed by atoms with van der Waals surface area (Å²) < 4.78 is 0. The fourth-order valence-corrected chi connectivity index (χ4v) is 2.96. The van der Waals surface area contributed by atoms with E-state index >= 15 is 0 Å².